The van der Waals surface area contributed by atoms with Crippen LogP contribution in [0.4, 0.5) is 0 Å². The summed E-state index contributed by atoms with van der Waals surface area (Å²) in [5.74, 6) is 0.850. The molecule has 0 aliphatic heterocycles. The molecule has 172 valence electrons. The second-order valence-corrected chi connectivity index (χ2v) is 10.4. The van der Waals surface area contributed by atoms with Gasteiger partial charge in [-0.15, -0.1) is 0 Å². The zero-order valence-corrected chi connectivity index (χ0v) is 20.3. The molecule has 0 spiro atoms. The number of carbonyl (C=O) groups is 1. The number of carbonyl (C=O) groups excluding carboxylic acids is 1. The van der Waals surface area contributed by atoms with E-state index in [9.17, 15) is 13.2 Å². The Morgan fingerprint density at radius 2 is 1.81 bits per heavy atom. The van der Waals surface area contributed by atoms with Gasteiger partial charge in [0.1, 0.15) is 5.82 Å². The van der Waals surface area contributed by atoms with E-state index >= 15 is 0 Å². The predicted octanol–water partition coefficient (Wildman–Crippen LogP) is 3.58. The van der Waals surface area contributed by atoms with Gasteiger partial charge < -0.3 is 9.47 Å². The minimum absolute atomic E-state index is 0.0890. The fourth-order valence-corrected chi connectivity index (χ4v) is 4.60. The average Bonchev–Trinajstić information content (AvgIpc) is 3.10. The average molecular weight is 457 g/mol. The zero-order valence-electron chi connectivity index (χ0n) is 19.4. The second-order valence-electron chi connectivity index (χ2n) is 8.29. The minimum atomic E-state index is -3.53. The van der Waals surface area contributed by atoms with Crippen LogP contribution in [0.25, 0.3) is 11.0 Å². The number of benzene rings is 2. The molecule has 3 rings (SSSR count). The molecule has 0 aliphatic carbocycles. The second kappa shape index (κ2) is 9.83. The van der Waals surface area contributed by atoms with Crippen LogP contribution in [0.3, 0.4) is 0 Å². The van der Waals surface area contributed by atoms with Gasteiger partial charge in [-0.05, 0) is 37.1 Å². The highest BCUT2D eigenvalue weighted by Gasteiger charge is 2.21. The third kappa shape index (κ3) is 5.02. The first-order valence-corrected chi connectivity index (χ1v) is 12.3. The summed E-state index contributed by atoms with van der Waals surface area (Å²) in [5, 5.41) is 0. The number of imidazole rings is 1. The van der Waals surface area contributed by atoms with Gasteiger partial charge in [-0.3, -0.25) is 4.79 Å². The fourth-order valence-electron chi connectivity index (χ4n) is 3.68. The number of fused-ring (bicyclic) bond motifs is 1. The van der Waals surface area contributed by atoms with Crippen LogP contribution < -0.4 is 0 Å². The van der Waals surface area contributed by atoms with Crippen molar-refractivity contribution in [2.45, 2.75) is 50.6 Å². The summed E-state index contributed by atoms with van der Waals surface area (Å²) in [4.78, 5) is 19.9. The molecule has 3 aromatic rings. The van der Waals surface area contributed by atoms with Crippen molar-refractivity contribution in [2.75, 3.05) is 14.1 Å². The van der Waals surface area contributed by atoms with Crippen LogP contribution >= 0.6 is 0 Å². The SMILES string of the molecule is CCC(C)N(Cc1ccccc1)C(=O)CCc1nc2cc(S(=O)(=O)N(C)C)ccc2n1C. The molecular weight excluding hydrogens is 424 g/mol. The number of nitrogens with zero attached hydrogens (tertiary/aromatic N) is 4. The number of hydrogen-bond acceptors (Lipinski definition) is 4. The van der Waals surface area contributed by atoms with Gasteiger partial charge in [0.25, 0.3) is 0 Å². The third-order valence-corrected chi connectivity index (χ3v) is 7.74. The summed E-state index contributed by atoms with van der Waals surface area (Å²) in [6.45, 7) is 4.74. The van der Waals surface area contributed by atoms with E-state index in [1.807, 2.05) is 46.8 Å². The molecule has 0 aliphatic rings. The molecule has 7 nitrogen and oxygen atoms in total. The van der Waals surface area contributed by atoms with Crippen LogP contribution in [-0.2, 0) is 34.8 Å². The Kier molecular flexibility index (Phi) is 7.36. The summed E-state index contributed by atoms with van der Waals surface area (Å²) >= 11 is 0. The Morgan fingerprint density at radius 1 is 1.12 bits per heavy atom. The highest BCUT2D eigenvalue weighted by molar-refractivity contribution is 7.89. The van der Waals surface area contributed by atoms with Crippen molar-refractivity contribution >= 4 is 27.0 Å². The van der Waals surface area contributed by atoms with Crippen molar-refractivity contribution < 1.29 is 13.2 Å². The topological polar surface area (TPSA) is 75.5 Å². The molecule has 0 bridgehead atoms. The Morgan fingerprint density at radius 3 is 2.44 bits per heavy atom. The Bertz CT molecular complexity index is 1190. The lowest BCUT2D eigenvalue weighted by Crippen LogP contribution is -2.38. The zero-order chi connectivity index (χ0) is 23.5. The first-order valence-electron chi connectivity index (χ1n) is 10.9. The van der Waals surface area contributed by atoms with E-state index in [1.54, 1.807) is 18.2 Å². The smallest absolute Gasteiger partial charge is 0.242 e. The Balaban J connectivity index is 1.79. The van der Waals surface area contributed by atoms with Gasteiger partial charge in [-0.2, -0.15) is 0 Å². The van der Waals surface area contributed by atoms with Gasteiger partial charge in [0.05, 0.1) is 15.9 Å². The van der Waals surface area contributed by atoms with Crippen molar-refractivity contribution in [2.24, 2.45) is 7.05 Å². The molecule has 1 unspecified atom stereocenters. The first kappa shape index (κ1) is 23.9. The van der Waals surface area contributed by atoms with E-state index in [2.05, 4.69) is 18.8 Å². The molecule has 0 radical (unpaired) electrons. The van der Waals surface area contributed by atoms with Crippen molar-refractivity contribution in [3.05, 3.63) is 59.9 Å². The lowest BCUT2D eigenvalue weighted by molar-refractivity contribution is -0.134. The number of aromatic nitrogens is 2. The highest BCUT2D eigenvalue weighted by atomic mass is 32.2. The van der Waals surface area contributed by atoms with Crippen LogP contribution in [0.15, 0.2) is 53.4 Å². The van der Waals surface area contributed by atoms with Crippen molar-refractivity contribution in [3.63, 3.8) is 0 Å². The maximum absolute atomic E-state index is 13.1. The monoisotopic (exact) mass is 456 g/mol. The van der Waals surface area contributed by atoms with E-state index < -0.39 is 10.0 Å². The molecular formula is C24H32N4O3S. The van der Waals surface area contributed by atoms with Crippen LogP contribution in [0.5, 0.6) is 0 Å². The molecule has 1 heterocycles. The standard InChI is InChI=1S/C24H32N4O3S/c1-6-18(2)28(17-19-10-8-7-9-11-19)24(29)15-14-23-25-21-16-20(32(30,31)26(3)4)12-13-22(21)27(23)5/h7-13,16,18H,6,14-15,17H2,1-5H3. The normalized spacial score (nSPS) is 12.9. The number of hydrogen-bond donors (Lipinski definition) is 0. The van der Waals surface area contributed by atoms with E-state index in [4.69, 9.17) is 0 Å². The summed E-state index contributed by atoms with van der Waals surface area (Å²) in [6.07, 6.45) is 1.71. The molecule has 0 saturated carbocycles. The summed E-state index contributed by atoms with van der Waals surface area (Å²) in [5.41, 5.74) is 2.56. The van der Waals surface area contributed by atoms with E-state index in [0.29, 0.717) is 24.9 Å². The van der Waals surface area contributed by atoms with Crippen molar-refractivity contribution in [3.8, 4) is 0 Å². The van der Waals surface area contributed by atoms with Crippen LogP contribution in [-0.4, -0.2) is 53.2 Å². The Labute approximate surface area is 190 Å². The number of rotatable bonds is 9. The number of sulfonamides is 1. The van der Waals surface area contributed by atoms with Crippen LogP contribution in [0, 0.1) is 0 Å². The van der Waals surface area contributed by atoms with E-state index in [0.717, 1.165) is 23.3 Å². The van der Waals surface area contributed by atoms with Gasteiger partial charge in [0.15, 0.2) is 0 Å². The highest BCUT2D eigenvalue weighted by Crippen LogP contribution is 2.22. The number of amides is 1. The molecule has 8 heteroatoms. The molecule has 0 fully saturated rings. The molecule has 0 N–H and O–H groups in total. The molecule has 1 atom stereocenters. The third-order valence-electron chi connectivity index (χ3n) is 5.92. The van der Waals surface area contributed by atoms with Gasteiger partial charge in [-0.25, -0.2) is 17.7 Å². The van der Waals surface area contributed by atoms with Crippen molar-refractivity contribution in [1.29, 1.82) is 0 Å². The van der Waals surface area contributed by atoms with E-state index in [1.165, 1.54) is 18.4 Å². The molecule has 1 aromatic heterocycles. The minimum Gasteiger partial charge on any atom is -0.336 e. The predicted molar refractivity (Wildman–Crippen MR) is 127 cm³/mol. The largest absolute Gasteiger partial charge is 0.336 e. The molecule has 32 heavy (non-hydrogen) atoms. The first-order chi connectivity index (χ1) is 15.1. The van der Waals surface area contributed by atoms with Gasteiger partial charge in [0, 0.05) is 46.6 Å². The maximum Gasteiger partial charge on any atom is 0.242 e. The summed E-state index contributed by atoms with van der Waals surface area (Å²) in [7, 11) is 1.38. The quantitative estimate of drug-likeness (QED) is 0.493. The fraction of sp³-hybridized carbons (Fsp3) is 0.417. The van der Waals surface area contributed by atoms with Crippen LogP contribution in [0.1, 0.15) is 38.1 Å². The number of aryl methyl sites for hydroxylation is 2. The van der Waals surface area contributed by atoms with Crippen LogP contribution in [0.2, 0.25) is 0 Å². The maximum atomic E-state index is 13.1. The lowest BCUT2D eigenvalue weighted by Gasteiger charge is -2.29. The van der Waals surface area contributed by atoms with Gasteiger partial charge >= 0.3 is 0 Å². The van der Waals surface area contributed by atoms with Gasteiger partial charge in [0.2, 0.25) is 15.9 Å². The molecule has 1 amide bonds. The Hall–Kier alpha value is -2.71. The van der Waals surface area contributed by atoms with Crippen molar-refractivity contribution in [1.82, 2.24) is 18.8 Å². The summed E-state index contributed by atoms with van der Waals surface area (Å²) < 4.78 is 28.0. The van der Waals surface area contributed by atoms with E-state index in [-0.39, 0.29) is 16.8 Å². The molecule has 2 aromatic carbocycles. The van der Waals surface area contributed by atoms with Gasteiger partial charge in [-0.1, -0.05) is 37.3 Å². The molecule has 0 saturated heterocycles. The summed E-state index contributed by atoms with van der Waals surface area (Å²) in [6, 6.07) is 15.1. The lowest BCUT2D eigenvalue weighted by atomic mass is 10.1.